The van der Waals surface area contributed by atoms with E-state index in [-0.39, 0.29) is 23.6 Å². The molecule has 0 bridgehead atoms. The van der Waals surface area contributed by atoms with Gasteiger partial charge < -0.3 is 35.2 Å². The maximum atomic E-state index is 14.4. The van der Waals surface area contributed by atoms with Gasteiger partial charge in [0.25, 0.3) is 0 Å². The summed E-state index contributed by atoms with van der Waals surface area (Å²) in [7, 11) is -4.35. The number of anilines is 1. The lowest BCUT2D eigenvalue weighted by Gasteiger charge is -2.48. The zero-order valence-electron chi connectivity index (χ0n) is 26.4. The molecule has 2 aliphatic rings. The second kappa shape index (κ2) is 14.5. The molecule has 258 valence electrons. The molecule has 49 heavy (non-hydrogen) atoms. The number of amides is 1. The second-order valence-corrected chi connectivity index (χ2v) is 14.5. The fraction of sp³-hybridized carbons (Fsp3) is 0.324. The fourth-order valence-electron chi connectivity index (χ4n) is 6.73. The van der Waals surface area contributed by atoms with Crippen LogP contribution in [0.4, 0.5) is 10.1 Å². The molecular formula is C37H38FNO9S. The number of para-hydroxylation sites is 1. The van der Waals surface area contributed by atoms with Crippen LogP contribution >= 0.6 is 0 Å². The highest BCUT2D eigenvalue weighted by molar-refractivity contribution is 7.91. The van der Waals surface area contributed by atoms with Gasteiger partial charge in [0.2, 0.25) is 5.91 Å². The summed E-state index contributed by atoms with van der Waals surface area (Å²) in [5, 5.41) is 51.9. The molecule has 10 nitrogen and oxygen atoms in total. The van der Waals surface area contributed by atoms with Crippen molar-refractivity contribution in [1.29, 1.82) is 0 Å². The number of benzene rings is 4. The number of carbonyl (C=O) groups excluding carboxylic acids is 1. The van der Waals surface area contributed by atoms with Crippen molar-refractivity contribution in [2.45, 2.75) is 60.4 Å². The van der Waals surface area contributed by atoms with Crippen LogP contribution in [-0.4, -0.2) is 82.7 Å². The Hall–Kier alpha value is -4.01. The van der Waals surface area contributed by atoms with Gasteiger partial charge in [-0.2, -0.15) is 0 Å². The molecule has 2 fully saturated rings. The van der Waals surface area contributed by atoms with Crippen molar-refractivity contribution in [3.05, 3.63) is 120 Å². The molecular weight excluding hydrogens is 653 g/mol. The molecule has 6 rings (SSSR count). The maximum absolute atomic E-state index is 14.4. The van der Waals surface area contributed by atoms with E-state index in [2.05, 4.69) is 0 Å². The van der Waals surface area contributed by atoms with Crippen molar-refractivity contribution >= 4 is 21.4 Å². The number of ether oxygens (including phenoxy) is 1. The van der Waals surface area contributed by atoms with Crippen LogP contribution in [0.3, 0.4) is 0 Å². The molecule has 12 heteroatoms. The van der Waals surface area contributed by atoms with Gasteiger partial charge in [-0.3, -0.25) is 4.79 Å². The predicted molar refractivity (Wildman–Crippen MR) is 178 cm³/mol. The van der Waals surface area contributed by atoms with E-state index in [1.54, 1.807) is 42.5 Å². The number of halogens is 1. The Kier molecular flexibility index (Phi) is 10.3. The summed E-state index contributed by atoms with van der Waals surface area (Å²) >= 11 is 0. The Balaban J connectivity index is 1.40. The fourth-order valence-corrected chi connectivity index (χ4v) is 8.47. The summed E-state index contributed by atoms with van der Waals surface area (Å²) in [5.41, 5.74) is 2.67. The number of aliphatic hydroxyl groups is 5. The molecule has 4 aromatic rings. The SMILES string of the molecule is O=C1[C@H](CC[C@H](O)c2ccc(F)cc2)[C@@H](c2ccc(-c3ccccc3)cc2S(=O)(=O)CC2O[C@H](CO)[C@@H](O)[C@H](O)[C@H]2O)N1c1ccccc1. The van der Waals surface area contributed by atoms with Gasteiger partial charge >= 0.3 is 0 Å². The van der Waals surface area contributed by atoms with Crippen molar-refractivity contribution in [2.75, 3.05) is 17.3 Å². The molecule has 0 spiro atoms. The van der Waals surface area contributed by atoms with E-state index in [1.165, 1.54) is 35.2 Å². The molecule has 1 amide bonds. The van der Waals surface area contributed by atoms with E-state index in [0.717, 1.165) is 5.56 Å². The van der Waals surface area contributed by atoms with Gasteiger partial charge in [-0.15, -0.1) is 0 Å². The van der Waals surface area contributed by atoms with Crippen molar-refractivity contribution in [3.63, 3.8) is 0 Å². The maximum Gasteiger partial charge on any atom is 0.233 e. The highest BCUT2D eigenvalue weighted by Crippen LogP contribution is 2.48. The Morgan fingerprint density at radius 1 is 0.796 bits per heavy atom. The number of carbonyl (C=O) groups is 1. The first-order chi connectivity index (χ1) is 23.5. The topological polar surface area (TPSA) is 165 Å². The van der Waals surface area contributed by atoms with Crippen molar-refractivity contribution in [1.82, 2.24) is 0 Å². The predicted octanol–water partition coefficient (Wildman–Crippen LogP) is 3.33. The van der Waals surface area contributed by atoms with Crippen LogP contribution in [0.1, 0.15) is 36.1 Å². The molecule has 1 unspecified atom stereocenters. The third-order valence-corrected chi connectivity index (χ3v) is 11.2. The van der Waals surface area contributed by atoms with E-state index in [9.17, 15) is 43.1 Å². The smallest absolute Gasteiger partial charge is 0.233 e. The van der Waals surface area contributed by atoms with Crippen molar-refractivity contribution < 1.29 is 47.9 Å². The molecule has 0 aromatic heterocycles. The molecule has 2 saturated heterocycles. The number of nitrogens with zero attached hydrogens (tertiary/aromatic N) is 1. The third-order valence-electron chi connectivity index (χ3n) is 9.40. The number of sulfone groups is 1. The minimum Gasteiger partial charge on any atom is -0.394 e. The van der Waals surface area contributed by atoms with Crippen LogP contribution in [0.15, 0.2) is 108 Å². The van der Waals surface area contributed by atoms with Gasteiger partial charge in [0.15, 0.2) is 9.84 Å². The Morgan fingerprint density at radius 2 is 1.43 bits per heavy atom. The zero-order chi connectivity index (χ0) is 34.9. The van der Waals surface area contributed by atoms with Crippen molar-refractivity contribution in [2.24, 2.45) is 5.92 Å². The minimum atomic E-state index is -4.35. The quantitative estimate of drug-likeness (QED) is 0.149. The number of aliphatic hydroxyl groups excluding tert-OH is 5. The first-order valence-electron chi connectivity index (χ1n) is 16.0. The highest BCUT2D eigenvalue weighted by atomic mass is 32.2. The Morgan fingerprint density at radius 3 is 2.08 bits per heavy atom. The van der Waals surface area contributed by atoms with Crippen LogP contribution in [0.25, 0.3) is 11.1 Å². The molecule has 2 heterocycles. The van der Waals surface area contributed by atoms with E-state index in [0.29, 0.717) is 22.4 Å². The molecule has 2 aliphatic heterocycles. The van der Waals surface area contributed by atoms with Gasteiger partial charge in [0.1, 0.15) is 36.3 Å². The molecule has 0 radical (unpaired) electrons. The molecule has 8 atom stereocenters. The van der Waals surface area contributed by atoms with Crippen LogP contribution < -0.4 is 4.90 Å². The Bertz CT molecular complexity index is 1860. The molecule has 0 aliphatic carbocycles. The summed E-state index contributed by atoms with van der Waals surface area (Å²) in [5.74, 6) is -2.22. The summed E-state index contributed by atoms with van der Waals surface area (Å²) in [6.45, 7) is -0.710. The van der Waals surface area contributed by atoms with E-state index in [4.69, 9.17) is 4.74 Å². The monoisotopic (exact) mass is 691 g/mol. The van der Waals surface area contributed by atoms with Crippen molar-refractivity contribution in [3.8, 4) is 11.1 Å². The lowest BCUT2D eigenvalue weighted by atomic mass is 9.78. The van der Waals surface area contributed by atoms with Gasteiger partial charge in [0, 0.05) is 5.69 Å². The second-order valence-electron chi connectivity index (χ2n) is 12.5. The van der Waals surface area contributed by atoms with Gasteiger partial charge in [-0.1, -0.05) is 72.8 Å². The minimum absolute atomic E-state index is 0.117. The number of hydrogen-bond acceptors (Lipinski definition) is 9. The van der Waals surface area contributed by atoms with Gasteiger partial charge in [0.05, 0.1) is 35.3 Å². The highest BCUT2D eigenvalue weighted by Gasteiger charge is 2.51. The summed E-state index contributed by atoms with van der Waals surface area (Å²) in [4.78, 5) is 15.2. The standard InChI is InChI=1S/C37H38FNO9S/c38-25-14-11-23(12-15-25)29(41)18-17-28-33(39(37(28)45)26-9-5-2-6-10-26)27-16-13-24(22-7-3-1-4-8-22)19-32(27)49(46,47)21-31-35(43)36(44)34(42)30(20-40)48-31/h1-16,19,28-31,33-36,40-44H,17-18,20-21H2/t28-,29+,30-,31?,33-,34-,35+,36+/m1/s1. The molecule has 5 N–H and O–H groups in total. The molecule has 4 aromatic carbocycles. The molecule has 0 saturated carbocycles. The normalized spacial score (nSPS) is 26.3. The Labute approximate surface area is 283 Å². The van der Waals surface area contributed by atoms with E-state index in [1.807, 2.05) is 30.3 Å². The van der Waals surface area contributed by atoms with Crippen LogP contribution in [0.2, 0.25) is 0 Å². The van der Waals surface area contributed by atoms with Crippen LogP contribution in [-0.2, 0) is 19.4 Å². The lowest BCUT2D eigenvalue weighted by Crippen LogP contribution is -2.60. The van der Waals surface area contributed by atoms with Gasteiger partial charge in [-0.25, -0.2) is 12.8 Å². The first kappa shape index (κ1) is 34.8. The van der Waals surface area contributed by atoms with E-state index < -0.39 is 76.6 Å². The lowest BCUT2D eigenvalue weighted by molar-refractivity contribution is -0.223. The third kappa shape index (κ3) is 7.04. The van der Waals surface area contributed by atoms with Crippen LogP contribution in [0.5, 0.6) is 0 Å². The van der Waals surface area contributed by atoms with E-state index >= 15 is 0 Å². The number of rotatable bonds is 11. The largest absolute Gasteiger partial charge is 0.394 e. The average Bonchev–Trinajstić information content (AvgIpc) is 3.11. The number of hydrogen-bond donors (Lipinski definition) is 5. The number of β-lactam (4-membered cyclic amide) rings is 1. The summed E-state index contributed by atoms with van der Waals surface area (Å²) in [6, 6.07) is 27.6. The average molecular weight is 692 g/mol. The summed E-state index contributed by atoms with van der Waals surface area (Å²) in [6.07, 6.45) is -8.59. The van der Waals surface area contributed by atoms with Crippen LogP contribution in [0, 0.1) is 11.7 Å². The van der Waals surface area contributed by atoms with Gasteiger partial charge in [-0.05, 0) is 65.4 Å². The summed E-state index contributed by atoms with van der Waals surface area (Å²) < 4.78 is 47.9. The first-order valence-corrected chi connectivity index (χ1v) is 17.7. The zero-order valence-corrected chi connectivity index (χ0v) is 27.2.